The van der Waals surface area contributed by atoms with Crippen LogP contribution in [0.4, 0.5) is 14.5 Å². The Labute approximate surface area is 116 Å². The number of nitrogens with zero attached hydrogens (tertiary/aromatic N) is 3. The molecular weight excluding hydrogens is 264 g/mol. The van der Waals surface area contributed by atoms with Gasteiger partial charge in [0.2, 0.25) is 5.91 Å². The molecular formula is C14H15F2N3O. The van der Waals surface area contributed by atoms with Gasteiger partial charge in [0.1, 0.15) is 6.07 Å². The lowest BCUT2D eigenvalue weighted by Gasteiger charge is -2.24. The van der Waals surface area contributed by atoms with Crippen molar-refractivity contribution in [3.8, 4) is 6.07 Å². The molecule has 1 heterocycles. The average Bonchev–Trinajstić information content (AvgIpc) is 2.67. The third-order valence-electron chi connectivity index (χ3n) is 3.46. The standard InChI is InChI=1S/C14H15F2N3O/c1-10(20)18-5-2-6-19(8-7-18)12-4-3-11(9-17)13(15)14(12)16/h3-4H,2,5-8H2,1H3. The summed E-state index contributed by atoms with van der Waals surface area (Å²) >= 11 is 0. The Morgan fingerprint density at radius 2 is 1.95 bits per heavy atom. The van der Waals surface area contributed by atoms with Gasteiger partial charge in [-0.15, -0.1) is 0 Å². The molecule has 0 aliphatic carbocycles. The summed E-state index contributed by atoms with van der Waals surface area (Å²) in [5.41, 5.74) is -0.154. The van der Waals surface area contributed by atoms with Gasteiger partial charge < -0.3 is 9.80 Å². The molecule has 0 unspecified atom stereocenters. The largest absolute Gasteiger partial charge is 0.367 e. The number of hydrogen-bond donors (Lipinski definition) is 0. The van der Waals surface area contributed by atoms with Crippen LogP contribution in [0.1, 0.15) is 18.9 Å². The highest BCUT2D eigenvalue weighted by Crippen LogP contribution is 2.25. The molecule has 20 heavy (non-hydrogen) atoms. The number of nitriles is 1. The molecule has 0 spiro atoms. The second-order valence-electron chi connectivity index (χ2n) is 4.72. The van der Waals surface area contributed by atoms with E-state index < -0.39 is 11.6 Å². The van der Waals surface area contributed by atoms with E-state index in [0.717, 1.165) is 0 Å². The van der Waals surface area contributed by atoms with Gasteiger partial charge in [0.25, 0.3) is 0 Å². The van der Waals surface area contributed by atoms with Gasteiger partial charge in [-0.05, 0) is 18.6 Å². The first-order chi connectivity index (χ1) is 9.54. The van der Waals surface area contributed by atoms with E-state index >= 15 is 0 Å². The molecule has 106 valence electrons. The highest BCUT2D eigenvalue weighted by molar-refractivity contribution is 5.73. The van der Waals surface area contributed by atoms with Crippen LogP contribution in [-0.4, -0.2) is 37.0 Å². The fourth-order valence-electron chi connectivity index (χ4n) is 2.34. The highest BCUT2D eigenvalue weighted by atomic mass is 19.2. The number of halogens is 2. The molecule has 1 aromatic carbocycles. The first-order valence-electron chi connectivity index (χ1n) is 6.43. The van der Waals surface area contributed by atoms with Gasteiger partial charge in [0.15, 0.2) is 11.6 Å². The van der Waals surface area contributed by atoms with Crippen molar-refractivity contribution in [3.63, 3.8) is 0 Å². The predicted molar refractivity (Wildman–Crippen MR) is 70.2 cm³/mol. The van der Waals surface area contributed by atoms with Gasteiger partial charge in [-0.1, -0.05) is 0 Å². The second kappa shape index (κ2) is 5.87. The maximum atomic E-state index is 14.0. The van der Waals surface area contributed by atoms with Gasteiger partial charge in [-0.2, -0.15) is 5.26 Å². The summed E-state index contributed by atoms with van der Waals surface area (Å²) in [7, 11) is 0. The van der Waals surface area contributed by atoms with Crippen LogP contribution in [0.2, 0.25) is 0 Å². The quantitative estimate of drug-likeness (QED) is 0.788. The van der Waals surface area contributed by atoms with Crippen molar-refractivity contribution in [1.82, 2.24) is 4.90 Å². The van der Waals surface area contributed by atoms with Crippen molar-refractivity contribution in [2.24, 2.45) is 0 Å². The Balaban J connectivity index is 2.23. The van der Waals surface area contributed by atoms with Crippen LogP contribution >= 0.6 is 0 Å². The zero-order chi connectivity index (χ0) is 14.7. The second-order valence-corrected chi connectivity index (χ2v) is 4.72. The van der Waals surface area contributed by atoms with Gasteiger partial charge in [-0.25, -0.2) is 8.78 Å². The van der Waals surface area contributed by atoms with Crippen molar-refractivity contribution in [1.29, 1.82) is 5.26 Å². The van der Waals surface area contributed by atoms with E-state index in [-0.39, 0.29) is 17.2 Å². The zero-order valence-corrected chi connectivity index (χ0v) is 11.2. The van der Waals surface area contributed by atoms with Crippen LogP contribution in [0.5, 0.6) is 0 Å². The minimum Gasteiger partial charge on any atom is -0.367 e. The maximum Gasteiger partial charge on any atom is 0.219 e. The average molecular weight is 279 g/mol. The number of carbonyl (C=O) groups is 1. The van der Waals surface area contributed by atoms with Gasteiger partial charge in [-0.3, -0.25) is 4.79 Å². The first-order valence-corrected chi connectivity index (χ1v) is 6.43. The molecule has 0 radical (unpaired) electrons. The first kappa shape index (κ1) is 14.3. The predicted octanol–water partition coefficient (Wildman–Crippen LogP) is 1.90. The minimum absolute atomic E-state index is 0.0154. The van der Waals surface area contributed by atoms with Crippen LogP contribution in [0.3, 0.4) is 0 Å². The number of benzene rings is 1. The summed E-state index contributed by atoms with van der Waals surface area (Å²) in [5.74, 6) is -2.13. The molecule has 0 bridgehead atoms. The zero-order valence-electron chi connectivity index (χ0n) is 11.2. The molecule has 1 aromatic rings. The van der Waals surface area contributed by atoms with E-state index in [1.54, 1.807) is 15.9 Å². The Bertz CT molecular complexity index is 568. The molecule has 6 heteroatoms. The molecule has 1 aliphatic heterocycles. The molecule has 2 rings (SSSR count). The third-order valence-corrected chi connectivity index (χ3v) is 3.46. The fourth-order valence-corrected chi connectivity index (χ4v) is 2.34. The van der Waals surface area contributed by atoms with Crippen LogP contribution in [-0.2, 0) is 4.79 Å². The summed E-state index contributed by atoms with van der Waals surface area (Å²) in [5, 5.41) is 8.67. The molecule has 0 aromatic heterocycles. The Morgan fingerprint density at radius 3 is 2.60 bits per heavy atom. The number of amides is 1. The Morgan fingerprint density at radius 1 is 1.20 bits per heavy atom. The summed E-state index contributed by atoms with van der Waals surface area (Å²) in [6.45, 7) is 3.59. The van der Waals surface area contributed by atoms with E-state index in [1.165, 1.54) is 19.1 Å². The highest BCUT2D eigenvalue weighted by Gasteiger charge is 2.21. The Hall–Kier alpha value is -2.16. The third kappa shape index (κ3) is 2.72. The fraction of sp³-hybridized carbons (Fsp3) is 0.429. The van der Waals surface area contributed by atoms with E-state index in [1.807, 2.05) is 0 Å². The normalized spacial score (nSPS) is 15.7. The summed E-state index contributed by atoms with van der Waals surface area (Å²) < 4.78 is 27.6. The monoisotopic (exact) mass is 279 g/mol. The topological polar surface area (TPSA) is 47.3 Å². The van der Waals surface area contributed by atoms with Gasteiger partial charge >= 0.3 is 0 Å². The van der Waals surface area contributed by atoms with Crippen molar-refractivity contribution in [2.45, 2.75) is 13.3 Å². The SMILES string of the molecule is CC(=O)N1CCCN(c2ccc(C#N)c(F)c2F)CC1. The summed E-state index contributed by atoms with van der Waals surface area (Å²) in [6, 6.07) is 4.31. The molecule has 0 atom stereocenters. The number of hydrogen-bond acceptors (Lipinski definition) is 3. The molecule has 1 aliphatic rings. The van der Waals surface area contributed by atoms with E-state index in [4.69, 9.17) is 5.26 Å². The minimum atomic E-state index is -1.11. The van der Waals surface area contributed by atoms with E-state index in [9.17, 15) is 13.6 Å². The maximum absolute atomic E-state index is 14.0. The Kier molecular flexibility index (Phi) is 4.18. The van der Waals surface area contributed by atoms with Crippen molar-refractivity contribution >= 4 is 11.6 Å². The van der Waals surface area contributed by atoms with Crippen molar-refractivity contribution in [2.75, 3.05) is 31.1 Å². The smallest absolute Gasteiger partial charge is 0.219 e. The van der Waals surface area contributed by atoms with E-state index in [0.29, 0.717) is 32.6 Å². The number of carbonyl (C=O) groups excluding carboxylic acids is 1. The van der Waals surface area contributed by atoms with Crippen LogP contribution in [0.15, 0.2) is 12.1 Å². The molecule has 0 saturated carbocycles. The van der Waals surface area contributed by atoms with Crippen LogP contribution in [0, 0.1) is 23.0 Å². The lowest BCUT2D eigenvalue weighted by Crippen LogP contribution is -2.34. The van der Waals surface area contributed by atoms with Crippen molar-refractivity contribution in [3.05, 3.63) is 29.3 Å². The van der Waals surface area contributed by atoms with Crippen molar-refractivity contribution < 1.29 is 13.6 Å². The van der Waals surface area contributed by atoms with Gasteiger partial charge in [0.05, 0.1) is 11.3 Å². The molecule has 0 N–H and O–H groups in total. The van der Waals surface area contributed by atoms with Crippen LogP contribution in [0.25, 0.3) is 0 Å². The van der Waals surface area contributed by atoms with Gasteiger partial charge in [0, 0.05) is 33.1 Å². The van der Waals surface area contributed by atoms with Crippen LogP contribution < -0.4 is 4.90 Å². The number of rotatable bonds is 1. The lowest BCUT2D eigenvalue weighted by molar-refractivity contribution is -0.128. The molecule has 1 amide bonds. The molecule has 1 saturated heterocycles. The summed E-state index contributed by atoms with van der Waals surface area (Å²) in [4.78, 5) is 14.7. The lowest BCUT2D eigenvalue weighted by atomic mass is 10.1. The van der Waals surface area contributed by atoms with E-state index in [2.05, 4.69) is 0 Å². The molecule has 4 nitrogen and oxygen atoms in total. The number of anilines is 1. The summed E-state index contributed by atoms with van der Waals surface area (Å²) in [6.07, 6.45) is 0.695. The molecule has 1 fully saturated rings.